The first-order chi connectivity index (χ1) is 15.3. The van der Waals surface area contributed by atoms with Crippen LogP contribution in [-0.4, -0.2) is 31.0 Å². The molecule has 2 fully saturated rings. The number of carbonyl (C=O) groups is 2. The first-order valence-electron chi connectivity index (χ1n) is 10.9. The lowest BCUT2D eigenvalue weighted by atomic mass is 9.83. The van der Waals surface area contributed by atoms with Gasteiger partial charge < -0.3 is 15.4 Å². The fourth-order valence-electron chi connectivity index (χ4n) is 4.77. The van der Waals surface area contributed by atoms with E-state index in [1.54, 1.807) is 22.3 Å². The summed E-state index contributed by atoms with van der Waals surface area (Å²) in [4.78, 5) is 24.4. The highest BCUT2D eigenvalue weighted by molar-refractivity contribution is 6.31. The first kappa shape index (κ1) is 24.1. The molecular weight excluding hydrogens is 431 g/mol. The van der Waals surface area contributed by atoms with E-state index in [9.17, 15) is 14.0 Å². The maximum atomic E-state index is 12.7. The molecule has 1 unspecified atom stereocenters. The Morgan fingerprint density at radius 2 is 1.88 bits per heavy atom. The molecule has 32 heavy (non-hydrogen) atoms. The van der Waals surface area contributed by atoms with Crippen LogP contribution in [0, 0.1) is 5.92 Å². The standard InChI is InChI=1S/C25H30ClFN2O3/c1-15(10-11-28-23(30)14-32-12-4-5-22(26)16(2)27)25(31)29-17(3)24-20-8-9-21(24)19-7-6-18(20)13-19/h4-5,12,17,24H,1-2,6-11,13-14H2,3H3,(H,28,30)(H,29,31)/b12-4+,22-5+. The lowest BCUT2D eigenvalue weighted by molar-refractivity contribution is -0.124. The van der Waals surface area contributed by atoms with Crippen molar-refractivity contribution >= 4 is 23.4 Å². The van der Waals surface area contributed by atoms with Gasteiger partial charge in [-0.05, 0) is 57.6 Å². The van der Waals surface area contributed by atoms with Crippen LogP contribution in [0.25, 0.3) is 0 Å². The predicted molar refractivity (Wildman–Crippen MR) is 124 cm³/mol. The van der Waals surface area contributed by atoms with E-state index in [1.807, 2.05) is 0 Å². The third kappa shape index (κ3) is 5.80. The SMILES string of the molecule is C=C(CCNC(=O)CO/C=C/C=C(/Cl)C(=C)F)C(=O)NC(C)C1C2=C3CCC(=C1CC2)C3. The number of rotatable bonds is 11. The fraction of sp³-hybridized carbons (Fsp3) is 0.440. The van der Waals surface area contributed by atoms with Gasteiger partial charge in [0.2, 0.25) is 5.91 Å². The molecule has 5 nitrogen and oxygen atoms in total. The van der Waals surface area contributed by atoms with Crippen molar-refractivity contribution in [3.05, 3.63) is 70.3 Å². The molecule has 3 aliphatic rings. The minimum atomic E-state index is -0.749. The van der Waals surface area contributed by atoms with E-state index in [0.717, 1.165) is 19.3 Å². The van der Waals surface area contributed by atoms with E-state index < -0.39 is 5.83 Å². The Balaban J connectivity index is 1.36. The molecule has 7 heteroatoms. The van der Waals surface area contributed by atoms with Crippen LogP contribution in [0.4, 0.5) is 4.39 Å². The number of ether oxygens (including phenoxy) is 1. The molecule has 2 amide bonds. The molecule has 2 saturated carbocycles. The summed E-state index contributed by atoms with van der Waals surface area (Å²) in [7, 11) is 0. The molecule has 172 valence electrons. The predicted octanol–water partition coefficient (Wildman–Crippen LogP) is 4.89. The molecule has 0 aromatic rings. The number of halogens is 2. The number of fused-ring (bicyclic) bond motifs is 4. The number of hydrogen-bond acceptors (Lipinski definition) is 3. The van der Waals surface area contributed by atoms with Crippen molar-refractivity contribution in [2.24, 2.45) is 5.92 Å². The Hall–Kier alpha value is -2.60. The average Bonchev–Trinajstić information content (AvgIpc) is 3.32. The van der Waals surface area contributed by atoms with Gasteiger partial charge in [-0.25, -0.2) is 4.39 Å². The maximum Gasteiger partial charge on any atom is 0.257 e. The van der Waals surface area contributed by atoms with E-state index in [-0.39, 0.29) is 36.0 Å². The van der Waals surface area contributed by atoms with Crippen LogP contribution in [0.3, 0.4) is 0 Å². The molecule has 0 aromatic carbocycles. The summed E-state index contributed by atoms with van der Waals surface area (Å²) in [5.74, 6) is -0.901. The second-order valence-electron chi connectivity index (χ2n) is 8.44. The zero-order chi connectivity index (χ0) is 23.3. The van der Waals surface area contributed by atoms with Crippen molar-refractivity contribution < 1.29 is 18.7 Å². The second-order valence-corrected chi connectivity index (χ2v) is 8.84. The van der Waals surface area contributed by atoms with Gasteiger partial charge in [0, 0.05) is 24.1 Å². The molecule has 0 aromatic heterocycles. The Labute approximate surface area is 193 Å². The van der Waals surface area contributed by atoms with Gasteiger partial charge in [0.1, 0.15) is 5.83 Å². The van der Waals surface area contributed by atoms with Gasteiger partial charge in [-0.3, -0.25) is 9.59 Å². The highest BCUT2D eigenvalue weighted by Crippen LogP contribution is 2.53. The smallest absolute Gasteiger partial charge is 0.257 e. The zero-order valence-corrected chi connectivity index (χ0v) is 19.2. The highest BCUT2D eigenvalue weighted by atomic mass is 35.5. The lowest BCUT2D eigenvalue weighted by Gasteiger charge is -2.28. The number of nitrogens with one attached hydrogen (secondary N) is 2. The Morgan fingerprint density at radius 1 is 1.22 bits per heavy atom. The van der Waals surface area contributed by atoms with Gasteiger partial charge in [0.15, 0.2) is 6.61 Å². The Bertz CT molecular complexity index is 917. The van der Waals surface area contributed by atoms with E-state index in [4.69, 9.17) is 16.3 Å². The van der Waals surface area contributed by atoms with Gasteiger partial charge in [-0.1, -0.05) is 47.1 Å². The van der Waals surface area contributed by atoms with Crippen LogP contribution in [0.5, 0.6) is 0 Å². The summed E-state index contributed by atoms with van der Waals surface area (Å²) in [6.45, 7) is 9.09. The van der Waals surface area contributed by atoms with Crippen LogP contribution in [0.2, 0.25) is 0 Å². The molecule has 0 spiro atoms. The molecule has 2 N–H and O–H groups in total. The molecule has 0 saturated heterocycles. The zero-order valence-electron chi connectivity index (χ0n) is 18.4. The van der Waals surface area contributed by atoms with Gasteiger partial charge in [0.05, 0.1) is 11.3 Å². The normalized spacial score (nSPS) is 18.9. The number of allylic oxidation sites excluding steroid dienone is 6. The Morgan fingerprint density at radius 3 is 2.50 bits per heavy atom. The van der Waals surface area contributed by atoms with Crippen LogP contribution in [0.1, 0.15) is 45.4 Å². The molecule has 1 atom stereocenters. The van der Waals surface area contributed by atoms with Crippen LogP contribution in [-0.2, 0) is 14.3 Å². The van der Waals surface area contributed by atoms with Crippen LogP contribution < -0.4 is 10.6 Å². The van der Waals surface area contributed by atoms with Gasteiger partial charge in [0.25, 0.3) is 5.91 Å². The topological polar surface area (TPSA) is 67.4 Å². The Kier molecular flexibility index (Phi) is 8.13. The van der Waals surface area contributed by atoms with Gasteiger partial charge >= 0.3 is 0 Å². The molecule has 4 bridgehead atoms. The molecule has 0 radical (unpaired) electrons. The van der Waals surface area contributed by atoms with Crippen molar-refractivity contribution in [2.45, 2.75) is 51.5 Å². The number of amides is 2. The first-order valence-corrected chi connectivity index (χ1v) is 11.3. The molecule has 3 rings (SSSR count). The molecule has 0 aliphatic heterocycles. The van der Waals surface area contributed by atoms with Crippen LogP contribution >= 0.6 is 11.6 Å². The van der Waals surface area contributed by atoms with Gasteiger partial charge in [-0.2, -0.15) is 0 Å². The van der Waals surface area contributed by atoms with E-state index in [0.29, 0.717) is 17.9 Å². The van der Waals surface area contributed by atoms with Crippen molar-refractivity contribution in [1.29, 1.82) is 0 Å². The van der Waals surface area contributed by atoms with Crippen LogP contribution in [0.15, 0.2) is 70.3 Å². The summed E-state index contributed by atoms with van der Waals surface area (Å²) in [5.41, 5.74) is 6.73. The fourth-order valence-corrected chi connectivity index (χ4v) is 4.85. The van der Waals surface area contributed by atoms with E-state index in [1.165, 1.54) is 31.3 Å². The summed E-state index contributed by atoms with van der Waals surface area (Å²) < 4.78 is 17.7. The quantitative estimate of drug-likeness (QED) is 0.200. The molecular formula is C25H30ClFN2O3. The highest BCUT2D eigenvalue weighted by Gasteiger charge is 2.40. The largest absolute Gasteiger partial charge is 0.491 e. The molecule has 0 heterocycles. The second kappa shape index (κ2) is 10.8. The average molecular weight is 461 g/mol. The summed E-state index contributed by atoms with van der Waals surface area (Å²) in [6.07, 6.45) is 10.0. The maximum absolute atomic E-state index is 12.7. The van der Waals surface area contributed by atoms with E-state index in [2.05, 4.69) is 30.7 Å². The number of hydrogen-bond donors (Lipinski definition) is 2. The lowest BCUT2D eigenvalue weighted by Crippen LogP contribution is -2.40. The van der Waals surface area contributed by atoms with Crippen molar-refractivity contribution in [3.63, 3.8) is 0 Å². The van der Waals surface area contributed by atoms with Crippen molar-refractivity contribution in [3.8, 4) is 0 Å². The third-order valence-electron chi connectivity index (χ3n) is 6.30. The third-order valence-corrected chi connectivity index (χ3v) is 6.63. The summed E-state index contributed by atoms with van der Waals surface area (Å²) in [6, 6.07) is 0.0436. The monoisotopic (exact) mass is 460 g/mol. The van der Waals surface area contributed by atoms with E-state index >= 15 is 0 Å². The van der Waals surface area contributed by atoms with Crippen molar-refractivity contribution in [2.75, 3.05) is 13.2 Å². The van der Waals surface area contributed by atoms with Gasteiger partial charge in [-0.15, -0.1) is 0 Å². The summed E-state index contributed by atoms with van der Waals surface area (Å²) >= 11 is 5.54. The van der Waals surface area contributed by atoms with Crippen molar-refractivity contribution in [1.82, 2.24) is 10.6 Å². The molecule has 3 aliphatic carbocycles. The minimum absolute atomic E-state index is 0.0436. The minimum Gasteiger partial charge on any atom is -0.491 e. The summed E-state index contributed by atoms with van der Waals surface area (Å²) in [5, 5.41) is 5.66. The number of carbonyl (C=O) groups excluding carboxylic acids is 2.